The van der Waals surface area contributed by atoms with Crippen molar-refractivity contribution in [2.45, 2.75) is 6.92 Å². The summed E-state index contributed by atoms with van der Waals surface area (Å²) in [6, 6.07) is 19.3. The van der Waals surface area contributed by atoms with E-state index in [9.17, 15) is 5.26 Å². The summed E-state index contributed by atoms with van der Waals surface area (Å²) in [6.07, 6.45) is 1.69. The lowest BCUT2D eigenvalue weighted by molar-refractivity contribution is 0.572. The van der Waals surface area contributed by atoms with Crippen LogP contribution < -0.4 is 0 Å². The summed E-state index contributed by atoms with van der Waals surface area (Å²) in [5.74, 6) is 1.21. The van der Waals surface area contributed by atoms with Gasteiger partial charge in [-0.15, -0.1) is 11.3 Å². The monoisotopic (exact) mass is 436 g/mol. The molecule has 0 atom stereocenters. The van der Waals surface area contributed by atoms with Crippen LogP contribution in [0.3, 0.4) is 0 Å². The number of aryl methyl sites for hydroxylation is 1. The minimum absolute atomic E-state index is 0.448. The Kier molecular flexibility index (Phi) is 5.55. The van der Waals surface area contributed by atoms with Crippen molar-refractivity contribution in [3.05, 3.63) is 86.4 Å². The highest BCUT2D eigenvalue weighted by atomic mass is 35.5. The van der Waals surface area contributed by atoms with E-state index >= 15 is 0 Å². The van der Waals surface area contributed by atoms with E-state index in [-0.39, 0.29) is 0 Å². The van der Waals surface area contributed by atoms with Crippen LogP contribution in [-0.2, 0) is 0 Å². The molecule has 4 aromatic rings. The van der Waals surface area contributed by atoms with Crippen LogP contribution in [0.15, 0.2) is 64.4 Å². The molecule has 0 saturated carbocycles. The quantitative estimate of drug-likeness (QED) is 0.307. The normalized spacial score (nSPS) is 11.4. The predicted molar refractivity (Wildman–Crippen MR) is 120 cm³/mol. The van der Waals surface area contributed by atoms with Crippen molar-refractivity contribution in [2.75, 3.05) is 0 Å². The summed E-state index contributed by atoms with van der Waals surface area (Å²) in [7, 11) is 0. The van der Waals surface area contributed by atoms with Crippen molar-refractivity contribution in [1.29, 1.82) is 5.26 Å². The Morgan fingerprint density at radius 1 is 1.03 bits per heavy atom. The molecule has 2 heterocycles. The van der Waals surface area contributed by atoms with Gasteiger partial charge < -0.3 is 4.42 Å². The summed E-state index contributed by atoms with van der Waals surface area (Å²) < 4.78 is 5.87. The van der Waals surface area contributed by atoms with E-state index in [2.05, 4.69) is 11.1 Å². The van der Waals surface area contributed by atoms with Gasteiger partial charge in [-0.2, -0.15) is 5.26 Å². The fourth-order valence-electron chi connectivity index (χ4n) is 2.77. The smallest absolute Gasteiger partial charge is 0.134 e. The fourth-order valence-corrected chi connectivity index (χ4v) is 3.87. The van der Waals surface area contributed by atoms with Gasteiger partial charge in [0.1, 0.15) is 22.6 Å². The van der Waals surface area contributed by atoms with Gasteiger partial charge in [-0.05, 0) is 37.3 Å². The Hall–Kier alpha value is -2.84. The average molecular weight is 437 g/mol. The Morgan fingerprint density at radius 2 is 1.79 bits per heavy atom. The third-order valence-electron chi connectivity index (χ3n) is 4.32. The van der Waals surface area contributed by atoms with Crippen LogP contribution in [0.25, 0.3) is 34.2 Å². The molecule has 0 radical (unpaired) electrons. The topological polar surface area (TPSA) is 49.8 Å². The van der Waals surface area contributed by atoms with E-state index < -0.39 is 0 Å². The van der Waals surface area contributed by atoms with Gasteiger partial charge in [0.15, 0.2) is 0 Å². The molecule has 0 aliphatic rings. The molecule has 0 aliphatic carbocycles. The zero-order valence-corrected chi connectivity index (χ0v) is 17.6. The van der Waals surface area contributed by atoms with E-state index in [1.54, 1.807) is 18.2 Å². The molecule has 0 fully saturated rings. The standard InChI is InChI=1S/C23H14Cl2N2OS/c1-14-2-4-15(5-3-14)21-13-29-23(27-21)17(12-26)10-18-7-9-22(28-18)16-6-8-19(24)20(25)11-16/h2-11,13H,1H3/b17-10+. The van der Waals surface area contributed by atoms with E-state index in [4.69, 9.17) is 27.6 Å². The van der Waals surface area contributed by atoms with Crippen molar-refractivity contribution in [3.63, 3.8) is 0 Å². The number of furan rings is 1. The first-order valence-electron chi connectivity index (χ1n) is 8.73. The molecule has 3 nitrogen and oxygen atoms in total. The zero-order valence-electron chi connectivity index (χ0n) is 15.3. The van der Waals surface area contributed by atoms with Gasteiger partial charge in [0.2, 0.25) is 0 Å². The van der Waals surface area contributed by atoms with E-state index in [1.165, 1.54) is 16.9 Å². The molecule has 2 aromatic carbocycles. The largest absolute Gasteiger partial charge is 0.457 e. The van der Waals surface area contributed by atoms with E-state index in [1.807, 2.05) is 54.8 Å². The lowest BCUT2D eigenvalue weighted by Crippen LogP contribution is -1.82. The van der Waals surface area contributed by atoms with Gasteiger partial charge in [0, 0.05) is 22.6 Å². The van der Waals surface area contributed by atoms with Gasteiger partial charge in [0.05, 0.1) is 21.3 Å². The van der Waals surface area contributed by atoms with Gasteiger partial charge >= 0.3 is 0 Å². The summed E-state index contributed by atoms with van der Waals surface area (Å²) in [4.78, 5) is 4.62. The summed E-state index contributed by atoms with van der Waals surface area (Å²) in [6.45, 7) is 2.04. The highest BCUT2D eigenvalue weighted by Gasteiger charge is 2.11. The molecular weight excluding hydrogens is 423 g/mol. The van der Waals surface area contributed by atoms with Crippen molar-refractivity contribution in [3.8, 4) is 28.7 Å². The van der Waals surface area contributed by atoms with Gasteiger partial charge in [-0.1, -0.05) is 53.0 Å². The second-order valence-electron chi connectivity index (χ2n) is 6.40. The average Bonchev–Trinajstić information content (AvgIpc) is 3.39. The number of hydrogen-bond donors (Lipinski definition) is 0. The second kappa shape index (κ2) is 8.26. The summed E-state index contributed by atoms with van der Waals surface area (Å²) in [5, 5.41) is 13.2. The number of nitriles is 1. The zero-order chi connectivity index (χ0) is 20.4. The first-order chi connectivity index (χ1) is 14.0. The van der Waals surface area contributed by atoms with Gasteiger partial charge in [-0.25, -0.2) is 4.98 Å². The van der Waals surface area contributed by atoms with E-state index in [0.29, 0.717) is 32.1 Å². The van der Waals surface area contributed by atoms with Crippen LogP contribution in [0.5, 0.6) is 0 Å². The maximum absolute atomic E-state index is 9.62. The SMILES string of the molecule is Cc1ccc(-c2csc(/C(C#N)=C/c3ccc(-c4ccc(Cl)c(Cl)c4)o3)n2)cc1. The van der Waals surface area contributed by atoms with Crippen molar-refractivity contribution < 1.29 is 4.42 Å². The van der Waals surface area contributed by atoms with Gasteiger partial charge in [-0.3, -0.25) is 0 Å². The maximum atomic E-state index is 9.62. The number of benzene rings is 2. The highest BCUT2D eigenvalue weighted by Crippen LogP contribution is 2.31. The Labute approximate surface area is 182 Å². The first-order valence-corrected chi connectivity index (χ1v) is 10.4. The summed E-state index contributed by atoms with van der Waals surface area (Å²) in [5.41, 5.74) is 4.33. The molecule has 0 spiro atoms. The van der Waals surface area contributed by atoms with Crippen LogP contribution in [0.2, 0.25) is 10.0 Å². The molecular formula is C23H14Cl2N2OS. The number of aromatic nitrogens is 1. The third-order valence-corrected chi connectivity index (χ3v) is 5.93. The number of thiazole rings is 1. The van der Waals surface area contributed by atoms with Crippen molar-refractivity contribution >= 4 is 46.2 Å². The lowest BCUT2D eigenvalue weighted by Gasteiger charge is -1.99. The first kappa shape index (κ1) is 19.5. The van der Waals surface area contributed by atoms with Crippen LogP contribution in [0, 0.1) is 18.3 Å². The number of halogens is 2. The lowest BCUT2D eigenvalue weighted by atomic mass is 10.1. The Balaban J connectivity index is 1.62. The molecule has 0 bridgehead atoms. The molecule has 2 aromatic heterocycles. The van der Waals surface area contributed by atoms with Crippen LogP contribution in [-0.4, -0.2) is 4.98 Å². The number of nitrogens with zero attached hydrogens (tertiary/aromatic N) is 2. The predicted octanol–water partition coefficient (Wildman–Crippen LogP) is 7.75. The van der Waals surface area contributed by atoms with E-state index in [0.717, 1.165) is 16.8 Å². The highest BCUT2D eigenvalue weighted by molar-refractivity contribution is 7.11. The number of rotatable bonds is 4. The molecule has 29 heavy (non-hydrogen) atoms. The number of allylic oxidation sites excluding steroid dienone is 1. The molecule has 0 saturated heterocycles. The Bertz CT molecular complexity index is 1250. The molecule has 0 aliphatic heterocycles. The van der Waals surface area contributed by atoms with Crippen molar-refractivity contribution in [1.82, 2.24) is 4.98 Å². The molecule has 142 valence electrons. The van der Waals surface area contributed by atoms with Crippen LogP contribution in [0.4, 0.5) is 0 Å². The van der Waals surface area contributed by atoms with Crippen LogP contribution >= 0.6 is 34.5 Å². The minimum Gasteiger partial charge on any atom is -0.457 e. The Morgan fingerprint density at radius 3 is 2.52 bits per heavy atom. The molecule has 0 unspecified atom stereocenters. The molecule has 0 N–H and O–H groups in total. The van der Waals surface area contributed by atoms with Crippen LogP contribution in [0.1, 0.15) is 16.3 Å². The second-order valence-corrected chi connectivity index (χ2v) is 8.08. The minimum atomic E-state index is 0.448. The maximum Gasteiger partial charge on any atom is 0.134 e. The van der Waals surface area contributed by atoms with Crippen molar-refractivity contribution in [2.24, 2.45) is 0 Å². The molecule has 4 rings (SSSR count). The van der Waals surface area contributed by atoms with Gasteiger partial charge in [0.25, 0.3) is 0 Å². The molecule has 6 heteroatoms. The summed E-state index contributed by atoms with van der Waals surface area (Å²) >= 11 is 13.5. The molecule has 0 amide bonds. The fraction of sp³-hybridized carbons (Fsp3) is 0.0435. The number of hydrogen-bond acceptors (Lipinski definition) is 4. The third kappa shape index (κ3) is 4.28.